The first-order valence-electron chi connectivity index (χ1n) is 8.60. The number of benzene rings is 1. The van der Waals surface area contributed by atoms with Crippen molar-refractivity contribution in [1.82, 2.24) is 10.6 Å². The van der Waals surface area contributed by atoms with E-state index in [1.807, 2.05) is 30.3 Å². The quantitative estimate of drug-likeness (QED) is 0.645. The van der Waals surface area contributed by atoms with Crippen LogP contribution >= 0.6 is 0 Å². The molecule has 1 aromatic carbocycles. The number of amides is 3. The van der Waals surface area contributed by atoms with Crippen molar-refractivity contribution in [1.29, 1.82) is 0 Å². The topological polar surface area (TPSA) is 111 Å². The summed E-state index contributed by atoms with van der Waals surface area (Å²) in [5, 5.41) is 5.24. The lowest BCUT2D eigenvalue weighted by molar-refractivity contribution is -0.150. The Labute approximate surface area is 147 Å². The maximum atomic E-state index is 12.2. The molecule has 0 unspecified atom stereocenters. The average Bonchev–Trinajstić information content (AvgIpc) is 2.60. The molecule has 0 aliphatic heterocycles. The van der Waals surface area contributed by atoms with Crippen LogP contribution in [0.4, 0.5) is 4.79 Å². The molecule has 1 fully saturated rings. The minimum atomic E-state index is -0.928. The summed E-state index contributed by atoms with van der Waals surface area (Å²) in [6.07, 6.45) is 5.56. The number of carbonyl (C=O) groups is 3. The highest BCUT2D eigenvalue weighted by atomic mass is 16.5. The molecule has 0 saturated heterocycles. The molecule has 0 bridgehead atoms. The Balaban J connectivity index is 1.83. The fourth-order valence-electron chi connectivity index (χ4n) is 2.97. The van der Waals surface area contributed by atoms with E-state index in [0.717, 1.165) is 31.2 Å². The highest BCUT2D eigenvalue weighted by molar-refractivity contribution is 5.85. The van der Waals surface area contributed by atoms with Gasteiger partial charge in [0.15, 0.2) is 6.61 Å². The predicted octanol–water partition coefficient (Wildman–Crippen LogP) is 1.26. The number of carbonyl (C=O) groups excluding carboxylic acids is 3. The van der Waals surface area contributed by atoms with E-state index in [1.54, 1.807) is 0 Å². The maximum absolute atomic E-state index is 12.2. The van der Waals surface area contributed by atoms with Crippen LogP contribution in [0.3, 0.4) is 0 Å². The van der Waals surface area contributed by atoms with Crippen LogP contribution in [0.2, 0.25) is 0 Å². The van der Waals surface area contributed by atoms with E-state index in [9.17, 15) is 14.4 Å². The number of esters is 1. The van der Waals surface area contributed by atoms with Gasteiger partial charge in [0.25, 0.3) is 5.91 Å². The molecule has 1 atom stereocenters. The standard InChI is InChI=1S/C18H25N3O4/c19-18(24)21-15(11-13-7-3-1-4-8-13)17(23)25-12-16(22)20-14-9-5-2-6-10-14/h1,3-4,7-8,14-15H,2,5-6,9-12H2,(H,20,22)(H3,19,21,24)/t15-/m0/s1. The number of nitrogens with one attached hydrogen (secondary N) is 2. The molecule has 1 aliphatic rings. The summed E-state index contributed by atoms with van der Waals surface area (Å²) in [4.78, 5) is 35.3. The van der Waals surface area contributed by atoms with E-state index in [4.69, 9.17) is 10.5 Å². The molecule has 4 N–H and O–H groups in total. The molecule has 1 aromatic rings. The Kier molecular flexibility index (Phi) is 7.25. The summed E-state index contributed by atoms with van der Waals surface area (Å²) >= 11 is 0. The summed E-state index contributed by atoms with van der Waals surface area (Å²) in [5.74, 6) is -1.00. The van der Waals surface area contributed by atoms with Crippen molar-refractivity contribution in [3.63, 3.8) is 0 Å². The van der Waals surface area contributed by atoms with Gasteiger partial charge in [0.2, 0.25) is 0 Å². The van der Waals surface area contributed by atoms with Gasteiger partial charge >= 0.3 is 12.0 Å². The minimum absolute atomic E-state index is 0.156. The molecule has 2 rings (SSSR count). The summed E-state index contributed by atoms with van der Waals surface area (Å²) in [7, 11) is 0. The molecule has 3 amide bonds. The van der Waals surface area contributed by atoms with Gasteiger partial charge in [-0.25, -0.2) is 9.59 Å². The summed E-state index contributed by atoms with van der Waals surface area (Å²) in [6.45, 7) is -0.360. The molecule has 1 aliphatic carbocycles. The molecule has 0 aromatic heterocycles. The Morgan fingerprint density at radius 3 is 2.44 bits per heavy atom. The van der Waals surface area contributed by atoms with Crippen molar-refractivity contribution in [2.24, 2.45) is 5.73 Å². The number of hydrogen-bond donors (Lipinski definition) is 3. The Morgan fingerprint density at radius 1 is 1.12 bits per heavy atom. The molecule has 7 heteroatoms. The van der Waals surface area contributed by atoms with Crippen LogP contribution in [0.1, 0.15) is 37.7 Å². The highest BCUT2D eigenvalue weighted by Crippen LogP contribution is 2.17. The molecule has 0 heterocycles. The van der Waals surface area contributed by atoms with Crippen molar-refractivity contribution in [3.8, 4) is 0 Å². The third-order valence-corrected chi connectivity index (χ3v) is 4.20. The van der Waals surface area contributed by atoms with Crippen LogP contribution in [0.25, 0.3) is 0 Å². The average molecular weight is 347 g/mol. The number of rotatable bonds is 7. The van der Waals surface area contributed by atoms with Gasteiger partial charge in [-0.2, -0.15) is 0 Å². The minimum Gasteiger partial charge on any atom is -0.454 e. The number of hydrogen-bond acceptors (Lipinski definition) is 4. The van der Waals surface area contributed by atoms with Crippen molar-refractivity contribution >= 4 is 17.9 Å². The predicted molar refractivity (Wildman–Crippen MR) is 92.6 cm³/mol. The van der Waals surface area contributed by atoms with E-state index in [1.165, 1.54) is 6.42 Å². The van der Waals surface area contributed by atoms with Gasteiger partial charge in [0.05, 0.1) is 0 Å². The maximum Gasteiger partial charge on any atom is 0.329 e. The third kappa shape index (κ3) is 6.82. The zero-order valence-corrected chi connectivity index (χ0v) is 14.2. The second-order valence-electron chi connectivity index (χ2n) is 6.26. The molecule has 136 valence electrons. The van der Waals surface area contributed by atoms with E-state index in [0.29, 0.717) is 0 Å². The Morgan fingerprint density at radius 2 is 1.80 bits per heavy atom. The first-order chi connectivity index (χ1) is 12.0. The van der Waals surface area contributed by atoms with Crippen molar-refractivity contribution in [2.75, 3.05) is 6.61 Å². The van der Waals surface area contributed by atoms with E-state index >= 15 is 0 Å². The third-order valence-electron chi connectivity index (χ3n) is 4.20. The second kappa shape index (κ2) is 9.66. The van der Waals surface area contributed by atoms with E-state index in [2.05, 4.69) is 10.6 Å². The number of urea groups is 1. The number of primary amides is 1. The van der Waals surface area contributed by atoms with Gasteiger partial charge in [0.1, 0.15) is 6.04 Å². The lowest BCUT2D eigenvalue weighted by atomic mass is 9.95. The molecular weight excluding hydrogens is 322 g/mol. The van der Waals surface area contributed by atoms with Crippen LogP contribution in [-0.2, 0) is 20.7 Å². The first-order valence-corrected chi connectivity index (χ1v) is 8.60. The molecule has 1 saturated carbocycles. The molecule has 0 radical (unpaired) electrons. The molecule has 25 heavy (non-hydrogen) atoms. The fraction of sp³-hybridized carbons (Fsp3) is 0.500. The normalized spacial score (nSPS) is 15.8. The van der Waals surface area contributed by atoms with Gasteiger partial charge in [-0.3, -0.25) is 4.79 Å². The van der Waals surface area contributed by atoms with Crippen molar-refractivity contribution in [2.45, 2.75) is 50.6 Å². The largest absolute Gasteiger partial charge is 0.454 e. The van der Waals surface area contributed by atoms with Gasteiger partial charge in [-0.1, -0.05) is 49.6 Å². The highest BCUT2D eigenvalue weighted by Gasteiger charge is 2.23. The smallest absolute Gasteiger partial charge is 0.329 e. The van der Waals surface area contributed by atoms with Crippen LogP contribution in [0.15, 0.2) is 30.3 Å². The fourth-order valence-corrected chi connectivity index (χ4v) is 2.97. The zero-order chi connectivity index (χ0) is 18.1. The summed E-state index contributed by atoms with van der Waals surface area (Å²) in [6, 6.07) is 7.60. The zero-order valence-electron chi connectivity index (χ0n) is 14.2. The molecular formula is C18H25N3O4. The summed E-state index contributed by atoms with van der Waals surface area (Å²) < 4.78 is 5.06. The SMILES string of the molecule is NC(=O)N[C@@H](Cc1ccccc1)C(=O)OCC(=O)NC1CCCCC1. The lowest BCUT2D eigenvalue weighted by Gasteiger charge is -2.23. The molecule has 7 nitrogen and oxygen atoms in total. The van der Waals surface area contributed by atoms with Crippen LogP contribution < -0.4 is 16.4 Å². The Bertz CT molecular complexity index is 585. The first kappa shape index (κ1) is 18.8. The van der Waals surface area contributed by atoms with Crippen LogP contribution in [0, 0.1) is 0 Å². The van der Waals surface area contributed by atoms with Crippen LogP contribution in [-0.4, -0.2) is 36.6 Å². The second-order valence-corrected chi connectivity index (χ2v) is 6.26. The van der Waals surface area contributed by atoms with Gasteiger partial charge in [0, 0.05) is 12.5 Å². The van der Waals surface area contributed by atoms with Crippen LogP contribution in [0.5, 0.6) is 0 Å². The van der Waals surface area contributed by atoms with Crippen molar-refractivity contribution < 1.29 is 19.1 Å². The van der Waals surface area contributed by atoms with Gasteiger partial charge in [-0.05, 0) is 18.4 Å². The Hall–Kier alpha value is -2.57. The van der Waals surface area contributed by atoms with Crippen molar-refractivity contribution in [3.05, 3.63) is 35.9 Å². The molecule has 0 spiro atoms. The van der Waals surface area contributed by atoms with Gasteiger partial charge in [-0.15, -0.1) is 0 Å². The van der Waals surface area contributed by atoms with E-state index < -0.39 is 18.0 Å². The lowest BCUT2D eigenvalue weighted by Crippen LogP contribution is -2.47. The number of ether oxygens (including phenoxy) is 1. The van der Waals surface area contributed by atoms with Gasteiger partial charge < -0.3 is 21.1 Å². The summed E-state index contributed by atoms with van der Waals surface area (Å²) in [5.41, 5.74) is 5.98. The monoisotopic (exact) mass is 347 g/mol. The number of nitrogens with two attached hydrogens (primary N) is 1. The van der Waals surface area contributed by atoms with E-state index in [-0.39, 0.29) is 25.0 Å².